The van der Waals surface area contributed by atoms with E-state index in [9.17, 15) is 4.79 Å². The Balaban J connectivity index is 2.64. The van der Waals surface area contributed by atoms with Gasteiger partial charge in [-0.2, -0.15) is 0 Å². The zero-order valence-electron chi connectivity index (χ0n) is 11.5. The minimum atomic E-state index is -0.514. The fourth-order valence-electron chi connectivity index (χ4n) is 1.29. The molecule has 1 rings (SSSR count). The number of hydrogen-bond donors (Lipinski definition) is 2. The van der Waals surface area contributed by atoms with E-state index >= 15 is 0 Å². The molecule has 19 heavy (non-hydrogen) atoms. The van der Waals surface area contributed by atoms with Gasteiger partial charge in [0.15, 0.2) is 5.84 Å². The first-order chi connectivity index (χ1) is 8.73. The third-order valence-electron chi connectivity index (χ3n) is 2.16. The van der Waals surface area contributed by atoms with Crippen LogP contribution >= 0.6 is 11.3 Å². The molecule has 3 N–H and O–H groups in total. The summed E-state index contributed by atoms with van der Waals surface area (Å²) >= 11 is 1.44. The summed E-state index contributed by atoms with van der Waals surface area (Å²) in [6, 6.07) is 1.78. The highest BCUT2D eigenvalue weighted by Gasteiger charge is 2.20. The third-order valence-corrected chi connectivity index (χ3v) is 3.08. The SMILES string of the molecule is CN(Cc1cc(/C(N)=N\O)cs1)C(=O)OC(C)(C)C. The fraction of sp³-hybridized carbons (Fsp3) is 0.500. The minimum absolute atomic E-state index is 0.0578. The van der Waals surface area contributed by atoms with Gasteiger partial charge in [0.05, 0.1) is 6.54 Å². The molecular weight excluding hydrogens is 266 g/mol. The van der Waals surface area contributed by atoms with Crippen molar-refractivity contribution in [2.24, 2.45) is 10.9 Å². The van der Waals surface area contributed by atoms with E-state index in [4.69, 9.17) is 15.7 Å². The van der Waals surface area contributed by atoms with Gasteiger partial charge in [-0.15, -0.1) is 11.3 Å². The van der Waals surface area contributed by atoms with Gasteiger partial charge in [-0.1, -0.05) is 5.16 Å². The fourth-order valence-corrected chi connectivity index (χ4v) is 2.22. The molecule has 0 saturated carbocycles. The molecular formula is C12H19N3O3S. The van der Waals surface area contributed by atoms with Gasteiger partial charge >= 0.3 is 6.09 Å². The van der Waals surface area contributed by atoms with Crippen molar-refractivity contribution in [3.63, 3.8) is 0 Å². The van der Waals surface area contributed by atoms with Crippen LogP contribution in [0.25, 0.3) is 0 Å². The molecule has 0 fully saturated rings. The average Bonchev–Trinajstić information content (AvgIpc) is 2.74. The molecule has 1 aromatic rings. The van der Waals surface area contributed by atoms with E-state index in [2.05, 4.69) is 5.16 Å². The van der Waals surface area contributed by atoms with Crippen LogP contribution in [-0.2, 0) is 11.3 Å². The number of carbonyl (C=O) groups is 1. The number of amidine groups is 1. The number of hydrogen-bond acceptors (Lipinski definition) is 5. The van der Waals surface area contributed by atoms with Gasteiger partial charge in [0.2, 0.25) is 0 Å². The lowest BCUT2D eigenvalue weighted by Crippen LogP contribution is -2.33. The lowest BCUT2D eigenvalue weighted by atomic mass is 10.2. The maximum atomic E-state index is 11.8. The summed E-state index contributed by atoms with van der Waals surface area (Å²) in [4.78, 5) is 14.2. The highest BCUT2D eigenvalue weighted by atomic mass is 32.1. The third kappa shape index (κ3) is 4.78. The molecule has 0 bridgehead atoms. The van der Waals surface area contributed by atoms with Crippen molar-refractivity contribution < 1.29 is 14.7 Å². The van der Waals surface area contributed by atoms with Crippen molar-refractivity contribution in [2.45, 2.75) is 32.9 Å². The Kier molecular flexibility index (Phi) is 4.77. The summed E-state index contributed by atoms with van der Waals surface area (Å²) in [6.45, 7) is 5.87. The number of ether oxygens (including phenoxy) is 1. The molecule has 0 atom stereocenters. The Labute approximate surface area is 116 Å². The Hall–Kier alpha value is -1.76. The predicted octanol–water partition coefficient (Wildman–Crippen LogP) is 2.21. The number of rotatable bonds is 3. The van der Waals surface area contributed by atoms with E-state index < -0.39 is 5.60 Å². The highest BCUT2D eigenvalue weighted by molar-refractivity contribution is 7.10. The molecule has 0 unspecified atom stereocenters. The Morgan fingerprint density at radius 2 is 2.21 bits per heavy atom. The molecule has 1 aromatic heterocycles. The Bertz CT molecular complexity index is 477. The lowest BCUT2D eigenvalue weighted by molar-refractivity contribution is 0.0287. The van der Waals surface area contributed by atoms with E-state index in [0.717, 1.165) is 4.88 Å². The van der Waals surface area contributed by atoms with E-state index in [0.29, 0.717) is 12.1 Å². The first-order valence-electron chi connectivity index (χ1n) is 5.72. The van der Waals surface area contributed by atoms with E-state index in [-0.39, 0.29) is 11.9 Å². The van der Waals surface area contributed by atoms with Gasteiger partial charge in [0.1, 0.15) is 5.60 Å². The van der Waals surface area contributed by atoms with Gasteiger partial charge in [-0.05, 0) is 26.8 Å². The van der Waals surface area contributed by atoms with Crippen molar-refractivity contribution >= 4 is 23.3 Å². The summed E-state index contributed by atoms with van der Waals surface area (Å²) < 4.78 is 5.25. The largest absolute Gasteiger partial charge is 0.444 e. The zero-order chi connectivity index (χ0) is 14.6. The molecule has 1 amide bonds. The molecule has 6 nitrogen and oxygen atoms in total. The Morgan fingerprint density at radius 1 is 1.58 bits per heavy atom. The first kappa shape index (κ1) is 15.3. The molecule has 0 radical (unpaired) electrons. The van der Waals surface area contributed by atoms with Crippen molar-refractivity contribution in [1.29, 1.82) is 0 Å². The van der Waals surface area contributed by atoms with Gasteiger partial charge in [0.25, 0.3) is 0 Å². The molecule has 0 aliphatic rings. The van der Waals surface area contributed by atoms with Crippen LogP contribution in [-0.4, -0.2) is 34.7 Å². The van der Waals surface area contributed by atoms with Crippen molar-refractivity contribution in [3.8, 4) is 0 Å². The highest BCUT2D eigenvalue weighted by Crippen LogP contribution is 2.17. The smallest absolute Gasteiger partial charge is 0.410 e. The number of nitrogens with zero attached hydrogens (tertiary/aromatic N) is 2. The van der Waals surface area contributed by atoms with E-state index in [1.54, 1.807) is 18.5 Å². The Morgan fingerprint density at radius 3 is 2.74 bits per heavy atom. The van der Waals surface area contributed by atoms with E-state index in [1.165, 1.54) is 16.2 Å². The molecule has 0 spiro atoms. The lowest BCUT2D eigenvalue weighted by Gasteiger charge is -2.24. The van der Waals surface area contributed by atoms with Gasteiger partial charge in [-0.3, -0.25) is 0 Å². The first-order valence-corrected chi connectivity index (χ1v) is 6.60. The molecule has 1 heterocycles. The predicted molar refractivity (Wildman–Crippen MR) is 74.5 cm³/mol. The van der Waals surface area contributed by atoms with Crippen LogP contribution in [0, 0.1) is 0 Å². The van der Waals surface area contributed by atoms with Crippen LogP contribution in [0.15, 0.2) is 16.6 Å². The summed E-state index contributed by atoms with van der Waals surface area (Å²) in [5, 5.41) is 13.3. The van der Waals surface area contributed by atoms with Crippen LogP contribution in [0.3, 0.4) is 0 Å². The van der Waals surface area contributed by atoms with Crippen LogP contribution in [0.1, 0.15) is 31.2 Å². The van der Waals surface area contributed by atoms with Crippen LogP contribution < -0.4 is 5.73 Å². The van der Waals surface area contributed by atoms with Crippen LogP contribution in [0.4, 0.5) is 4.79 Å². The average molecular weight is 285 g/mol. The van der Waals surface area contributed by atoms with Crippen LogP contribution in [0.5, 0.6) is 0 Å². The number of oxime groups is 1. The number of amides is 1. The zero-order valence-corrected chi connectivity index (χ0v) is 12.3. The monoisotopic (exact) mass is 285 g/mol. The van der Waals surface area contributed by atoms with Crippen LogP contribution in [0.2, 0.25) is 0 Å². The summed E-state index contributed by atoms with van der Waals surface area (Å²) in [7, 11) is 1.66. The quantitative estimate of drug-likeness (QED) is 0.386. The maximum absolute atomic E-state index is 11.8. The number of nitrogens with two attached hydrogens (primary N) is 1. The second kappa shape index (κ2) is 5.92. The number of thiophene rings is 1. The second-order valence-electron chi connectivity index (χ2n) is 5.12. The van der Waals surface area contributed by atoms with Gasteiger partial charge in [-0.25, -0.2) is 4.79 Å². The van der Waals surface area contributed by atoms with Crippen molar-refractivity contribution in [3.05, 3.63) is 21.9 Å². The topological polar surface area (TPSA) is 88.1 Å². The molecule has 0 saturated heterocycles. The molecule has 7 heteroatoms. The molecule has 106 valence electrons. The normalized spacial score (nSPS) is 12.3. The maximum Gasteiger partial charge on any atom is 0.410 e. The van der Waals surface area contributed by atoms with Crippen molar-refractivity contribution in [2.75, 3.05) is 7.05 Å². The second-order valence-corrected chi connectivity index (χ2v) is 6.12. The van der Waals surface area contributed by atoms with Gasteiger partial charge < -0.3 is 20.6 Å². The van der Waals surface area contributed by atoms with Crippen molar-refractivity contribution in [1.82, 2.24) is 4.90 Å². The summed E-state index contributed by atoms with van der Waals surface area (Å²) in [5.74, 6) is 0.0578. The molecule has 0 aromatic carbocycles. The standard InChI is InChI=1S/C12H19N3O3S/c1-12(2,3)18-11(16)15(4)6-9-5-8(7-19-9)10(13)14-17/h5,7,17H,6H2,1-4H3,(H2,13,14). The minimum Gasteiger partial charge on any atom is -0.444 e. The van der Waals surface area contributed by atoms with E-state index in [1.807, 2.05) is 20.8 Å². The summed E-state index contributed by atoms with van der Waals surface area (Å²) in [5.41, 5.74) is 5.61. The number of carbonyl (C=O) groups excluding carboxylic acids is 1. The van der Waals surface area contributed by atoms with Gasteiger partial charge in [0, 0.05) is 22.9 Å². The molecule has 0 aliphatic carbocycles. The molecule has 0 aliphatic heterocycles. The summed E-state index contributed by atoms with van der Waals surface area (Å²) in [6.07, 6.45) is -0.383.